The van der Waals surface area contributed by atoms with Crippen LogP contribution in [0.15, 0.2) is 29.3 Å². The predicted molar refractivity (Wildman–Crippen MR) is 117 cm³/mol. The average molecular weight is 444 g/mol. The molecule has 154 valence electrons. The molecule has 1 fully saturated rings. The van der Waals surface area contributed by atoms with Crippen LogP contribution >= 0.6 is 22.9 Å². The molecule has 0 aliphatic carbocycles. The summed E-state index contributed by atoms with van der Waals surface area (Å²) in [5, 5.41) is 8.63. The van der Waals surface area contributed by atoms with Crippen LogP contribution in [0.5, 0.6) is 0 Å². The number of aromatic nitrogens is 5. The summed E-state index contributed by atoms with van der Waals surface area (Å²) in [6.07, 6.45) is 3.71. The second-order valence-electron chi connectivity index (χ2n) is 7.18. The number of thiazole rings is 1. The summed E-state index contributed by atoms with van der Waals surface area (Å²) in [6, 6.07) is 5.27. The molecule has 0 bridgehead atoms. The molecule has 0 unspecified atom stereocenters. The van der Waals surface area contributed by atoms with Gasteiger partial charge in [-0.25, -0.2) is 18.9 Å². The van der Waals surface area contributed by atoms with Crippen molar-refractivity contribution < 1.29 is 4.79 Å². The number of benzene rings is 1. The molecule has 4 aromatic rings. The Bertz CT molecular complexity index is 1340. The number of hydrogen-bond acceptors (Lipinski definition) is 7. The van der Waals surface area contributed by atoms with E-state index in [-0.39, 0.29) is 12.5 Å². The fraction of sp³-hybridized carbons (Fsp3) is 0.316. The van der Waals surface area contributed by atoms with Gasteiger partial charge in [-0.1, -0.05) is 29.0 Å². The molecule has 1 amide bonds. The topological polar surface area (TPSA) is 97.4 Å². The maximum absolute atomic E-state index is 12.7. The molecule has 0 radical (unpaired) electrons. The van der Waals surface area contributed by atoms with Crippen molar-refractivity contribution in [3.8, 4) is 0 Å². The lowest BCUT2D eigenvalue weighted by Crippen LogP contribution is -2.28. The SMILES string of the molecule is Cc1c(Cl)cccc1NC(=O)Cn1nc2c3sc(N4CCCC4)nc3ncn2c1=O. The summed E-state index contributed by atoms with van der Waals surface area (Å²) in [4.78, 5) is 36.4. The molecule has 11 heteroatoms. The van der Waals surface area contributed by atoms with Crippen LogP contribution in [0.2, 0.25) is 5.02 Å². The molecule has 1 aliphatic heterocycles. The molecular weight excluding hydrogens is 426 g/mol. The number of nitrogens with zero attached hydrogens (tertiary/aromatic N) is 6. The Balaban J connectivity index is 1.46. The molecule has 1 N–H and O–H groups in total. The van der Waals surface area contributed by atoms with Crippen molar-refractivity contribution in [1.29, 1.82) is 0 Å². The van der Waals surface area contributed by atoms with Crippen LogP contribution in [0.25, 0.3) is 16.0 Å². The standard InChI is InChI=1S/C19H18ClN7O2S/c1-11-12(20)5-4-6-13(11)22-14(28)9-27-19(29)26-10-21-16-15(17(26)24-27)30-18(23-16)25-7-2-3-8-25/h4-6,10H,2-3,7-9H2,1H3,(H,22,28). The second-order valence-corrected chi connectivity index (χ2v) is 8.57. The lowest BCUT2D eigenvalue weighted by atomic mass is 10.2. The van der Waals surface area contributed by atoms with Gasteiger partial charge >= 0.3 is 5.69 Å². The highest BCUT2D eigenvalue weighted by molar-refractivity contribution is 7.22. The van der Waals surface area contributed by atoms with Crippen LogP contribution in [-0.2, 0) is 11.3 Å². The zero-order valence-corrected chi connectivity index (χ0v) is 17.7. The summed E-state index contributed by atoms with van der Waals surface area (Å²) in [7, 11) is 0. The number of carbonyl (C=O) groups is 1. The lowest BCUT2D eigenvalue weighted by Gasteiger charge is -2.11. The van der Waals surface area contributed by atoms with Crippen LogP contribution in [0, 0.1) is 6.92 Å². The molecule has 3 aromatic heterocycles. The Morgan fingerprint density at radius 2 is 2.10 bits per heavy atom. The smallest absolute Gasteiger partial charge is 0.348 e. The Morgan fingerprint density at radius 1 is 1.30 bits per heavy atom. The molecule has 1 saturated heterocycles. The minimum atomic E-state index is -0.423. The third-order valence-corrected chi connectivity index (χ3v) is 6.69. The van der Waals surface area contributed by atoms with Crippen molar-refractivity contribution in [2.75, 3.05) is 23.3 Å². The first-order valence-electron chi connectivity index (χ1n) is 9.56. The van der Waals surface area contributed by atoms with E-state index in [0.29, 0.717) is 22.0 Å². The van der Waals surface area contributed by atoms with Crippen LogP contribution in [0.3, 0.4) is 0 Å². The fourth-order valence-electron chi connectivity index (χ4n) is 3.54. The van der Waals surface area contributed by atoms with Gasteiger partial charge in [-0.2, -0.15) is 4.98 Å². The van der Waals surface area contributed by atoms with Gasteiger partial charge in [0.25, 0.3) is 0 Å². The summed E-state index contributed by atoms with van der Waals surface area (Å²) in [5.41, 5.74) is 1.96. The summed E-state index contributed by atoms with van der Waals surface area (Å²) in [5.74, 6) is -0.364. The zero-order valence-electron chi connectivity index (χ0n) is 16.1. The molecule has 0 saturated carbocycles. The second kappa shape index (κ2) is 7.37. The Morgan fingerprint density at radius 3 is 2.90 bits per heavy atom. The van der Waals surface area contributed by atoms with E-state index in [0.717, 1.165) is 46.0 Å². The van der Waals surface area contributed by atoms with E-state index in [9.17, 15) is 9.59 Å². The number of fused-ring (bicyclic) bond motifs is 3. The van der Waals surface area contributed by atoms with Gasteiger partial charge in [0.1, 0.15) is 17.6 Å². The van der Waals surface area contributed by atoms with Gasteiger partial charge in [-0.3, -0.25) is 4.79 Å². The Hall–Kier alpha value is -2.98. The summed E-state index contributed by atoms with van der Waals surface area (Å²) >= 11 is 7.58. The van der Waals surface area contributed by atoms with Crippen LogP contribution < -0.4 is 15.9 Å². The highest BCUT2D eigenvalue weighted by Gasteiger charge is 2.20. The molecule has 30 heavy (non-hydrogen) atoms. The fourth-order valence-corrected chi connectivity index (χ4v) is 4.76. The number of nitrogens with one attached hydrogen (secondary N) is 1. The van der Waals surface area contributed by atoms with Crippen molar-refractivity contribution >= 4 is 55.7 Å². The first kappa shape index (κ1) is 19.0. The molecule has 0 spiro atoms. The molecular formula is C19H18ClN7O2S. The van der Waals surface area contributed by atoms with E-state index in [1.54, 1.807) is 18.2 Å². The molecule has 5 rings (SSSR count). The van der Waals surface area contributed by atoms with Crippen LogP contribution in [0.4, 0.5) is 10.8 Å². The van der Waals surface area contributed by atoms with Gasteiger partial charge in [0, 0.05) is 23.8 Å². The minimum Gasteiger partial charge on any atom is -0.348 e. The van der Waals surface area contributed by atoms with Gasteiger partial charge in [0.15, 0.2) is 16.4 Å². The molecule has 4 heterocycles. The van der Waals surface area contributed by atoms with E-state index >= 15 is 0 Å². The largest absolute Gasteiger partial charge is 0.352 e. The highest BCUT2D eigenvalue weighted by atomic mass is 35.5. The highest BCUT2D eigenvalue weighted by Crippen LogP contribution is 2.31. The Labute approximate surface area is 179 Å². The maximum atomic E-state index is 12.7. The number of hydrogen-bond donors (Lipinski definition) is 1. The van der Waals surface area contributed by atoms with Crippen molar-refractivity contribution in [3.05, 3.63) is 45.6 Å². The first-order valence-corrected chi connectivity index (χ1v) is 10.8. The van der Waals surface area contributed by atoms with E-state index in [4.69, 9.17) is 11.6 Å². The number of rotatable bonds is 4. The zero-order chi connectivity index (χ0) is 20.8. The third-order valence-electron chi connectivity index (χ3n) is 5.18. The Kier molecular flexibility index (Phi) is 4.67. The number of amides is 1. The number of carbonyl (C=O) groups excluding carboxylic acids is 1. The molecule has 1 aromatic carbocycles. The van der Waals surface area contributed by atoms with Crippen molar-refractivity contribution in [3.63, 3.8) is 0 Å². The normalized spacial score (nSPS) is 14.1. The van der Waals surface area contributed by atoms with Crippen molar-refractivity contribution in [2.24, 2.45) is 0 Å². The van der Waals surface area contributed by atoms with Gasteiger partial charge in [0.05, 0.1) is 0 Å². The van der Waals surface area contributed by atoms with Gasteiger partial charge < -0.3 is 10.2 Å². The van der Waals surface area contributed by atoms with Gasteiger partial charge in [0.2, 0.25) is 5.91 Å². The van der Waals surface area contributed by atoms with E-state index < -0.39 is 5.69 Å². The molecule has 1 aliphatic rings. The third kappa shape index (κ3) is 3.21. The number of halogens is 1. The van der Waals surface area contributed by atoms with Crippen molar-refractivity contribution in [1.82, 2.24) is 24.1 Å². The first-order chi connectivity index (χ1) is 14.5. The van der Waals surface area contributed by atoms with E-state index in [1.807, 2.05) is 6.92 Å². The van der Waals surface area contributed by atoms with E-state index in [1.165, 1.54) is 22.1 Å². The monoisotopic (exact) mass is 443 g/mol. The van der Waals surface area contributed by atoms with Gasteiger partial charge in [-0.05, 0) is 37.5 Å². The van der Waals surface area contributed by atoms with Crippen LogP contribution in [-0.4, -0.2) is 43.1 Å². The lowest BCUT2D eigenvalue weighted by molar-refractivity contribution is -0.117. The quantitative estimate of drug-likeness (QED) is 0.520. The predicted octanol–water partition coefficient (Wildman–Crippen LogP) is 2.70. The van der Waals surface area contributed by atoms with Gasteiger partial charge in [-0.15, -0.1) is 5.10 Å². The molecule has 0 atom stereocenters. The summed E-state index contributed by atoms with van der Waals surface area (Å²) < 4.78 is 3.23. The maximum Gasteiger partial charge on any atom is 0.352 e. The summed E-state index contributed by atoms with van der Waals surface area (Å²) in [6.45, 7) is 3.55. The van der Waals surface area contributed by atoms with E-state index in [2.05, 4.69) is 25.3 Å². The van der Waals surface area contributed by atoms with Crippen molar-refractivity contribution in [2.45, 2.75) is 26.3 Å². The number of anilines is 2. The minimum absolute atomic E-state index is 0.217. The van der Waals surface area contributed by atoms with Crippen LogP contribution in [0.1, 0.15) is 18.4 Å². The molecule has 9 nitrogen and oxygen atoms in total. The average Bonchev–Trinajstić information content (AvgIpc) is 3.45.